The van der Waals surface area contributed by atoms with Crippen LogP contribution in [-0.4, -0.2) is 10.2 Å². The highest BCUT2D eigenvalue weighted by Gasteiger charge is 2.54. The molecule has 2 unspecified atom stereocenters. The Morgan fingerprint density at radius 2 is 2.00 bits per heavy atom. The summed E-state index contributed by atoms with van der Waals surface area (Å²) >= 11 is 0. The Kier molecular flexibility index (Phi) is 1.85. The van der Waals surface area contributed by atoms with Crippen LogP contribution in [0.15, 0.2) is 0 Å². The van der Waals surface area contributed by atoms with Crippen molar-refractivity contribution in [1.29, 1.82) is 0 Å². The first-order valence-corrected chi connectivity index (χ1v) is 6.03. The van der Waals surface area contributed by atoms with Crippen molar-refractivity contribution in [2.24, 2.45) is 11.8 Å². The van der Waals surface area contributed by atoms with E-state index in [4.69, 9.17) is 5.73 Å². The molecule has 0 radical (unpaired) electrons. The fourth-order valence-electron chi connectivity index (χ4n) is 3.49. The first kappa shape index (κ1) is 9.25. The van der Waals surface area contributed by atoms with Crippen molar-refractivity contribution in [3.63, 3.8) is 0 Å². The zero-order valence-electron chi connectivity index (χ0n) is 9.46. The lowest BCUT2D eigenvalue weighted by Gasteiger charge is -2.08. The molecule has 2 aliphatic rings. The molecule has 0 aromatic carbocycles. The minimum atomic E-state index is 0.486. The molecule has 1 heterocycles. The highest BCUT2D eigenvalue weighted by atomic mass is 15.2. The topological polar surface area (TPSA) is 54.7 Å². The van der Waals surface area contributed by atoms with Crippen LogP contribution in [0.3, 0.4) is 0 Å². The molecule has 1 aromatic rings. The molecule has 3 N–H and O–H groups in total. The molecule has 0 amide bonds. The summed E-state index contributed by atoms with van der Waals surface area (Å²) in [5.41, 5.74) is 8.53. The summed E-state index contributed by atoms with van der Waals surface area (Å²) in [5.74, 6) is 3.82. The van der Waals surface area contributed by atoms with Gasteiger partial charge in [-0.3, -0.25) is 5.10 Å². The molecule has 0 saturated heterocycles. The van der Waals surface area contributed by atoms with Crippen LogP contribution < -0.4 is 5.73 Å². The molecule has 82 valence electrons. The van der Waals surface area contributed by atoms with Gasteiger partial charge in [-0.2, -0.15) is 5.10 Å². The van der Waals surface area contributed by atoms with Gasteiger partial charge in [-0.15, -0.1) is 0 Å². The van der Waals surface area contributed by atoms with Crippen molar-refractivity contribution >= 4 is 5.82 Å². The van der Waals surface area contributed by atoms with Crippen molar-refractivity contribution in [3.05, 3.63) is 11.3 Å². The highest BCUT2D eigenvalue weighted by molar-refractivity contribution is 5.47. The molecule has 2 saturated carbocycles. The van der Waals surface area contributed by atoms with E-state index in [1.165, 1.54) is 30.5 Å². The van der Waals surface area contributed by atoms with Gasteiger partial charge in [0.1, 0.15) is 5.82 Å². The molecule has 3 heteroatoms. The summed E-state index contributed by atoms with van der Waals surface area (Å²) in [6.45, 7) is 4.39. The van der Waals surface area contributed by atoms with Gasteiger partial charge in [-0.05, 0) is 30.6 Å². The Morgan fingerprint density at radius 3 is 2.60 bits per heavy atom. The predicted molar refractivity (Wildman–Crippen MR) is 60.7 cm³/mol. The van der Waals surface area contributed by atoms with Crippen LogP contribution in [0.25, 0.3) is 0 Å². The molecule has 0 bridgehead atoms. The van der Waals surface area contributed by atoms with E-state index in [-0.39, 0.29) is 0 Å². The van der Waals surface area contributed by atoms with Crippen molar-refractivity contribution in [1.82, 2.24) is 10.2 Å². The van der Waals surface area contributed by atoms with Gasteiger partial charge < -0.3 is 5.73 Å². The number of fused-ring (bicyclic) bond motifs is 1. The van der Waals surface area contributed by atoms with E-state index in [0.717, 1.165) is 17.8 Å². The molecular weight excluding hydrogens is 186 g/mol. The average Bonchev–Trinajstić information content (AvgIpc) is 2.62. The van der Waals surface area contributed by atoms with Crippen LogP contribution in [0.1, 0.15) is 56.2 Å². The van der Waals surface area contributed by atoms with Gasteiger partial charge in [0, 0.05) is 17.2 Å². The van der Waals surface area contributed by atoms with Crippen molar-refractivity contribution in [2.45, 2.75) is 44.9 Å². The lowest BCUT2D eigenvalue weighted by atomic mass is 9.97. The fraction of sp³-hybridized carbons (Fsp3) is 0.750. The first-order valence-electron chi connectivity index (χ1n) is 6.03. The number of aromatic amines is 1. The van der Waals surface area contributed by atoms with Crippen LogP contribution in [0.4, 0.5) is 5.82 Å². The number of nitrogens with one attached hydrogen (secondary N) is 1. The molecule has 0 aliphatic heterocycles. The summed E-state index contributed by atoms with van der Waals surface area (Å²) < 4.78 is 0. The Hall–Kier alpha value is -0.990. The molecule has 3 nitrogen and oxygen atoms in total. The van der Waals surface area contributed by atoms with E-state index in [1.807, 2.05) is 0 Å². The number of aromatic nitrogens is 2. The highest BCUT2D eigenvalue weighted by Crippen LogP contribution is 2.63. The number of nitrogens with two attached hydrogens (primary N) is 1. The van der Waals surface area contributed by atoms with Crippen molar-refractivity contribution in [2.75, 3.05) is 5.73 Å². The fourth-order valence-corrected chi connectivity index (χ4v) is 3.49. The number of hydrogen-bond acceptors (Lipinski definition) is 2. The van der Waals surface area contributed by atoms with Crippen LogP contribution >= 0.6 is 0 Å². The quantitative estimate of drug-likeness (QED) is 0.779. The molecule has 0 spiro atoms. The van der Waals surface area contributed by atoms with E-state index in [0.29, 0.717) is 11.7 Å². The smallest absolute Gasteiger partial charge is 0.148 e. The zero-order chi connectivity index (χ0) is 10.6. The summed E-state index contributed by atoms with van der Waals surface area (Å²) in [4.78, 5) is 0. The Labute approximate surface area is 90.4 Å². The maximum Gasteiger partial charge on any atom is 0.148 e. The van der Waals surface area contributed by atoms with Gasteiger partial charge in [-0.25, -0.2) is 0 Å². The van der Waals surface area contributed by atoms with Gasteiger partial charge in [0.25, 0.3) is 0 Å². The SMILES string of the molecule is CC(C)c1c(N)n[nH]c1C1C2CCCC21. The molecule has 1 aromatic heterocycles. The second kappa shape index (κ2) is 3.00. The maximum atomic E-state index is 5.92. The normalized spacial score (nSPS) is 33.4. The van der Waals surface area contributed by atoms with E-state index in [2.05, 4.69) is 24.0 Å². The van der Waals surface area contributed by atoms with Gasteiger partial charge in [-0.1, -0.05) is 20.3 Å². The van der Waals surface area contributed by atoms with Crippen LogP contribution in [0, 0.1) is 11.8 Å². The predicted octanol–water partition coefficient (Wildman–Crippen LogP) is 2.63. The molecular formula is C12H19N3. The summed E-state index contributed by atoms with van der Waals surface area (Å²) in [6.07, 6.45) is 4.24. The second-order valence-electron chi connectivity index (χ2n) is 5.38. The summed E-state index contributed by atoms with van der Waals surface area (Å²) in [7, 11) is 0. The second-order valence-corrected chi connectivity index (χ2v) is 5.38. The Balaban J connectivity index is 1.93. The van der Waals surface area contributed by atoms with Crippen molar-refractivity contribution in [3.8, 4) is 0 Å². The van der Waals surface area contributed by atoms with Gasteiger partial charge in [0.2, 0.25) is 0 Å². The third-order valence-electron chi connectivity index (χ3n) is 4.18. The number of rotatable bonds is 2. The number of hydrogen-bond donors (Lipinski definition) is 2. The third-order valence-corrected chi connectivity index (χ3v) is 4.18. The minimum Gasteiger partial charge on any atom is -0.382 e. The molecule has 2 aliphatic carbocycles. The van der Waals surface area contributed by atoms with Crippen molar-refractivity contribution < 1.29 is 0 Å². The number of nitrogens with zero attached hydrogens (tertiary/aromatic N) is 1. The van der Waals surface area contributed by atoms with E-state index < -0.39 is 0 Å². The van der Waals surface area contributed by atoms with Crippen LogP contribution in [0.2, 0.25) is 0 Å². The van der Waals surface area contributed by atoms with Crippen LogP contribution in [0.5, 0.6) is 0 Å². The minimum absolute atomic E-state index is 0.486. The summed E-state index contributed by atoms with van der Waals surface area (Å²) in [5, 5.41) is 7.35. The largest absolute Gasteiger partial charge is 0.382 e. The lowest BCUT2D eigenvalue weighted by Crippen LogP contribution is -1.98. The average molecular weight is 205 g/mol. The Bertz CT molecular complexity index is 370. The van der Waals surface area contributed by atoms with E-state index >= 15 is 0 Å². The first-order chi connectivity index (χ1) is 7.20. The maximum absolute atomic E-state index is 5.92. The third kappa shape index (κ3) is 1.22. The van der Waals surface area contributed by atoms with Gasteiger partial charge >= 0.3 is 0 Å². The number of H-pyrrole nitrogens is 1. The van der Waals surface area contributed by atoms with E-state index in [1.54, 1.807) is 0 Å². The monoisotopic (exact) mass is 205 g/mol. The molecule has 2 fully saturated rings. The zero-order valence-corrected chi connectivity index (χ0v) is 9.46. The van der Waals surface area contributed by atoms with Gasteiger partial charge in [0.05, 0.1) is 0 Å². The molecule has 15 heavy (non-hydrogen) atoms. The summed E-state index contributed by atoms with van der Waals surface area (Å²) in [6, 6.07) is 0. The Morgan fingerprint density at radius 1 is 1.33 bits per heavy atom. The number of nitrogen functional groups attached to an aromatic ring is 1. The molecule has 3 rings (SSSR count). The standard InChI is InChI=1S/C12H19N3/c1-6(2)9-11(14-15-12(9)13)10-7-4-3-5-8(7)10/h6-8,10H,3-5H2,1-2H3,(H3,13,14,15). The number of anilines is 1. The van der Waals surface area contributed by atoms with Gasteiger partial charge in [0.15, 0.2) is 0 Å². The van der Waals surface area contributed by atoms with E-state index in [9.17, 15) is 0 Å². The lowest BCUT2D eigenvalue weighted by molar-refractivity contribution is 0.662. The molecule has 2 atom stereocenters. The van der Waals surface area contributed by atoms with Crippen LogP contribution in [-0.2, 0) is 0 Å².